The first-order valence-electron chi connectivity index (χ1n) is 4.31. The van der Waals surface area contributed by atoms with Crippen LogP contribution in [0.4, 0.5) is 0 Å². The summed E-state index contributed by atoms with van der Waals surface area (Å²) in [6.45, 7) is 4.53. The van der Waals surface area contributed by atoms with Gasteiger partial charge in [0, 0.05) is 13.2 Å². The lowest BCUT2D eigenvalue weighted by Crippen LogP contribution is -2.11. The van der Waals surface area contributed by atoms with Crippen molar-refractivity contribution >= 4 is 0 Å². The van der Waals surface area contributed by atoms with Gasteiger partial charge in [-0.25, -0.2) is 4.68 Å². The van der Waals surface area contributed by atoms with Crippen LogP contribution in [0.5, 0.6) is 0 Å². The highest BCUT2D eigenvalue weighted by atomic mass is 16.5. The maximum atomic E-state index is 5.65. The lowest BCUT2D eigenvalue weighted by molar-refractivity contribution is 0.156. The molecule has 0 bridgehead atoms. The number of methoxy groups -OCH3 is 1. The zero-order valence-electron chi connectivity index (χ0n) is 8.27. The number of hydrogen-bond donors (Lipinski definition) is 1. The number of nitrogens with zero attached hydrogens (tertiary/aromatic N) is 3. The molecule has 2 N–H and O–H groups in total. The molecule has 0 radical (unpaired) electrons. The summed E-state index contributed by atoms with van der Waals surface area (Å²) >= 11 is 0. The molecule has 2 unspecified atom stereocenters. The largest absolute Gasteiger partial charge is 0.382 e. The Balaban J connectivity index is 2.67. The van der Waals surface area contributed by atoms with Gasteiger partial charge in [-0.15, -0.1) is 5.10 Å². The van der Waals surface area contributed by atoms with E-state index >= 15 is 0 Å². The molecule has 1 rings (SSSR count). The Morgan fingerprint density at radius 2 is 2.31 bits per heavy atom. The van der Waals surface area contributed by atoms with Crippen molar-refractivity contribution in [3.8, 4) is 0 Å². The Hall–Kier alpha value is -0.940. The van der Waals surface area contributed by atoms with E-state index in [0.717, 1.165) is 5.69 Å². The van der Waals surface area contributed by atoms with Crippen molar-refractivity contribution in [3.63, 3.8) is 0 Å². The molecule has 13 heavy (non-hydrogen) atoms. The maximum absolute atomic E-state index is 5.65. The maximum Gasteiger partial charge on any atom is 0.0991 e. The predicted molar refractivity (Wildman–Crippen MR) is 49.2 cm³/mol. The quantitative estimate of drug-likeness (QED) is 0.740. The van der Waals surface area contributed by atoms with Crippen LogP contribution in [0.25, 0.3) is 0 Å². The van der Waals surface area contributed by atoms with Crippen molar-refractivity contribution in [2.75, 3.05) is 13.7 Å². The third-order valence-corrected chi connectivity index (χ3v) is 1.85. The van der Waals surface area contributed by atoms with Gasteiger partial charge in [0.15, 0.2) is 0 Å². The van der Waals surface area contributed by atoms with Gasteiger partial charge in [0.1, 0.15) is 0 Å². The first kappa shape index (κ1) is 10.1. The third-order valence-electron chi connectivity index (χ3n) is 1.85. The van der Waals surface area contributed by atoms with Crippen LogP contribution in [0, 0.1) is 0 Å². The summed E-state index contributed by atoms with van der Waals surface area (Å²) in [6.07, 6.45) is 1.86. The highest BCUT2D eigenvalue weighted by Gasteiger charge is 2.09. The smallest absolute Gasteiger partial charge is 0.0991 e. The van der Waals surface area contributed by atoms with Crippen molar-refractivity contribution in [3.05, 3.63) is 11.9 Å². The van der Waals surface area contributed by atoms with Crippen molar-refractivity contribution in [2.24, 2.45) is 5.73 Å². The summed E-state index contributed by atoms with van der Waals surface area (Å²) in [5.74, 6) is 0. The monoisotopic (exact) mass is 184 g/mol. The topological polar surface area (TPSA) is 66.0 Å². The van der Waals surface area contributed by atoms with Gasteiger partial charge in [-0.1, -0.05) is 5.21 Å². The van der Waals surface area contributed by atoms with Crippen LogP contribution in [0.2, 0.25) is 0 Å². The normalized spacial score (nSPS) is 15.7. The lowest BCUT2D eigenvalue weighted by atomic mass is 10.3. The summed E-state index contributed by atoms with van der Waals surface area (Å²) in [6, 6.07) is 0.133. The fraction of sp³-hybridized carbons (Fsp3) is 0.750. The summed E-state index contributed by atoms with van der Waals surface area (Å²) < 4.78 is 6.77. The van der Waals surface area contributed by atoms with Crippen LogP contribution < -0.4 is 5.73 Å². The Morgan fingerprint density at radius 1 is 1.62 bits per heavy atom. The molecule has 0 aliphatic rings. The molecule has 0 saturated heterocycles. The van der Waals surface area contributed by atoms with E-state index < -0.39 is 0 Å². The fourth-order valence-corrected chi connectivity index (χ4v) is 1.03. The standard InChI is InChI=1S/C8H16N4O/c1-6(5-13-3)12-4-8(7(2)9)10-11-12/h4,6-7H,5,9H2,1-3H3. The van der Waals surface area contributed by atoms with E-state index in [2.05, 4.69) is 10.3 Å². The van der Waals surface area contributed by atoms with Gasteiger partial charge < -0.3 is 10.5 Å². The minimum atomic E-state index is -0.0662. The van der Waals surface area contributed by atoms with E-state index in [1.807, 2.05) is 20.0 Å². The van der Waals surface area contributed by atoms with E-state index in [4.69, 9.17) is 10.5 Å². The van der Waals surface area contributed by atoms with Crippen LogP contribution in [0.1, 0.15) is 31.6 Å². The highest BCUT2D eigenvalue weighted by Crippen LogP contribution is 2.08. The van der Waals surface area contributed by atoms with Crippen LogP contribution in [0.3, 0.4) is 0 Å². The van der Waals surface area contributed by atoms with Crippen LogP contribution in [-0.2, 0) is 4.74 Å². The molecule has 2 atom stereocenters. The molecule has 1 aromatic heterocycles. The number of hydrogen-bond acceptors (Lipinski definition) is 4. The van der Waals surface area contributed by atoms with E-state index in [-0.39, 0.29) is 12.1 Å². The zero-order valence-corrected chi connectivity index (χ0v) is 8.27. The molecule has 0 aromatic carbocycles. The predicted octanol–water partition coefficient (Wildman–Crippen LogP) is 0.505. The number of rotatable bonds is 4. The molecule has 0 aliphatic carbocycles. The highest BCUT2D eigenvalue weighted by molar-refractivity contribution is 4.98. The SMILES string of the molecule is COCC(C)n1cc(C(C)N)nn1. The molecule has 0 fully saturated rings. The minimum Gasteiger partial charge on any atom is -0.382 e. The third kappa shape index (κ3) is 2.50. The first-order valence-corrected chi connectivity index (χ1v) is 4.31. The molecule has 1 heterocycles. The second-order valence-electron chi connectivity index (χ2n) is 3.22. The molecular formula is C8H16N4O. The second-order valence-corrected chi connectivity index (χ2v) is 3.22. The van der Waals surface area contributed by atoms with E-state index in [0.29, 0.717) is 6.61 Å². The van der Waals surface area contributed by atoms with Crippen LogP contribution in [-0.4, -0.2) is 28.7 Å². The zero-order chi connectivity index (χ0) is 9.84. The molecule has 1 aromatic rings. The Labute approximate surface area is 77.9 Å². The molecule has 0 saturated carbocycles. The van der Waals surface area contributed by atoms with Crippen LogP contribution >= 0.6 is 0 Å². The average Bonchev–Trinajstić information content (AvgIpc) is 2.52. The number of aromatic nitrogens is 3. The summed E-state index contributed by atoms with van der Waals surface area (Å²) in [7, 11) is 1.67. The average molecular weight is 184 g/mol. The molecule has 5 nitrogen and oxygen atoms in total. The molecule has 5 heteroatoms. The van der Waals surface area contributed by atoms with E-state index in [1.165, 1.54) is 0 Å². The molecule has 0 spiro atoms. The summed E-state index contributed by atoms with van der Waals surface area (Å²) in [5.41, 5.74) is 6.46. The number of nitrogens with two attached hydrogens (primary N) is 1. The van der Waals surface area contributed by atoms with Gasteiger partial charge in [-0.05, 0) is 13.8 Å². The minimum absolute atomic E-state index is 0.0662. The van der Waals surface area contributed by atoms with Crippen molar-refractivity contribution in [1.82, 2.24) is 15.0 Å². The van der Waals surface area contributed by atoms with Crippen molar-refractivity contribution in [2.45, 2.75) is 25.9 Å². The molecular weight excluding hydrogens is 168 g/mol. The summed E-state index contributed by atoms with van der Waals surface area (Å²) in [5, 5.41) is 7.91. The van der Waals surface area contributed by atoms with Crippen molar-refractivity contribution < 1.29 is 4.74 Å². The van der Waals surface area contributed by atoms with Gasteiger partial charge in [-0.3, -0.25) is 0 Å². The van der Waals surface area contributed by atoms with E-state index in [9.17, 15) is 0 Å². The van der Waals surface area contributed by atoms with Gasteiger partial charge in [0.25, 0.3) is 0 Å². The van der Waals surface area contributed by atoms with Gasteiger partial charge in [0.2, 0.25) is 0 Å². The first-order chi connectivity index (χ1) is 6.15. The summed E-state index contributed by atoms with van der Waals surface area (Å²) in [4.78, 5) is 0. The van der Waals surface area contributed by atoms with Gasteiger partial charge in [-0.2, -0.15) is 0 Å². The van der Waals surface area contributed by atoms with Crippen molar-refractivity contribution in [1.29, 1.82) is 0 Å². The van der Waals surface area contributed by atoms with Gasteiger partial charge in [0.05, 0.1) is 24.5 Å². The molecule has 0 amide bonds. The number of ether oxygens (including phenoxy) is 1. The Bertz CT molecular complexity index is 258. The molecule has 74 valence electrons. The molecule has 0 aliphatic heterocycles. The Kier molecular flexibility index (Phi) is 3.39. The lowest BCUT2D eigenvalue weighted by Gasteiger charge is -2.08. The van der Waals surface area contributed by atoms with Crippen LogP contribution in [0.15, 0.2) is 6.20 Å². The van der Waals surface area contributed by atoms with E-state index in [1.54, 1.807) is 11.8 Å². The van der Waals surface area contributed by atoms with Gasteiger partial charge >= 0.3 is 0 Å². The Morgan fingerprint density at radius 3 is 2.77 bits per heavy atom. The second kappa shape index (κ2) is 4.34. The fourth-order valence-electron chi connectivity index (χ4n) is 1.03.